The predicted molar refractivity (Wildman–Crippen MR) is 110 cm³/mol. The van der Waals surface area contributed by atoms with Crippen LogP contribution in [-0.2, 0) is 0 Å². The number of nitrogens with one attached hydrogen (secondary N) is 1. The van der Waals surface area contributed by atoms with Crippen molar-refractivity contribution in [1.29, 1.82) is 0 Å². The third-order valence-electron chi connectivity index (χ3n) is 5.99. The number of rotatable bonds is 4. The number of hydrogen-bond donors (Lipinski definition) is 1. The van der Waals surface area contributed by atoms with Crippen LogP contribution in [-0.4, -0.2) is 58.8 Å². The average molecular weight is 378 g/mol. The summed E-state index contributed by atoms with van der Waals surface area (Å²) in [5, 5.41) is 8.87. The van der Waals surface area contributed by atoms with Crippen LogP contribution < -0.4 is 10.2 Å². The van der Waals surface area contributed by atoms with Crippen molar-refractivity contribution in [3.8, 4) is 0 Å². The molecule has 0 bridgehead atoms. The van der Waals surface area contributed by atoms with Crippen molar-refractivity contribution in [2.45, 2.75) is 25.8 Å². The number of fused-ring (bicyclic) bond motifs is 2. The minimum atomic E-state index is 0.594. The standard InChI is InChI=1S/C21H26N6O/c1-15-10-22-21(23-11-15)24-12-16-6-7-17-14-27(9-8-26(17)13-16)20-18-4-2-3-5-19(18)28-25-20/h2-5,10-11,16-17H,6-9,12-14H2,1H3,(H,22,23,24)/t16-,17+/m0/s1. The molecule has 2 atom stereocenters. The molecule has 3 aromatic rings. The number of hydrogen-bond acceptors (Lipinski definition) is 7. The second-order valence-electron chi connectivity index (χ2n) is 8.01. The van der Waals surface area contributed by atoms with Crippen molar-refractivity contribution in [3.05, 3.63) is 42.2 Å². The summed E-state index contributed by atoms with van der Waals surface area (Å²) in [4.78, 5) is 13.7. The maximum atomic E-state index is 5.51. The second-order valence-corrected chi connectivity index (χ2v) is 8.01. The van der Waals surface area contributed by atoms with Gasteiger partial charge >= 0.3 is 0 Å². The monoisotopic (exact) mass is 378 g/mol. The lowest BCUT2D eigenvalue weighted by Gasteiger charge is -2.46. The number of aryl methyl sites for hydroxylation is 1. The maximum absolute atomic E-state index is 5.51. The van der Waals surface area contributed by atoms with Crippen LogP contribution >= 0.6 is 0 Å². The summed E-state index contributed by atoms with van der Waals surface area (Å²) in [5.41, 5.74) is 1.96. The fourth-order valence-electron chi connectivity index (χ4n) is 4.44. The van der Waals surface area contributed by atoms with Crippen molar-refractivity contribution in [2.24, 2.45) is 5.92 Å². The summed E-state index contributed by atoms with van der Waals surface area (Å²) in [6.07, 6.45) is 6.17. The third kappa shape index (κ3) is 3.42. The van der Waals surface area contributed by atoms with E-state index in [2.05, 4.69) is 42.4 Å². The molecule has 0 radical (unpaired) electrons. The molecule has 2 saturated heterocycles. The summed E-state index contributed by atoms with van der Waals surface area (Å²) in [6, 6.07) is 8.72. The van der Waals surface area contributed by atoms with Crippen LogP contribution in [0.3, 0.4) is 0 Å². The van der Waals surface area contributed by atoms with E-state index in [-0.39, 0.29) is 0 Å². The van der Waals surface area contributed by atoms with Crippen LogP contribution in [0, 0.1) is 12.8 Å². The molecular formula is C21H26N6O. The lowest BCUT2D eigenvalue weighted by molar-refractivity contribution is 0.0994. The van der Waals surface area contributed by atoms with Gasteiger partial charge in [-0.25, -0.2) is 9.97 Å². The molecule has 0 spiro atoms. The van der Waals surface area contributed by atoms with E-state index in [0.29, 0.717) is 12.0 Å². The highest BCUT2D eigenvalue weighted by Gasteiger charge is 2.34. The lowest BCUT2D eigenvalue weighted by atomic mass is 9.91. The number of nitrogens with zero attached hydrogens (tertiary/aromatic N) is 5. The number of benzene rings is 1. The first-order valence-corrected chi connectivity index (χ1v) is 10.1. The fourth-order valence-corrected chi connectivity index (χ4v) is 4.44. The quantitative estimate of drug-likeness (QED) is 0.748. The van der Waals surface area contributed by atoms with E-state index in [1.54, 1.807) is 0 Å². The molecule has 0 unspecified atom stereocenters. The smallest absolute Gasteiger partial charge is 0.222 e. The minimum Gasteiger partial charge on any atom is -0.354 e. The predicted octanol–water partition coefficient (Wildman–Crippen LogP) is 2.94. The molecule has 5 rings (SSSR count). The van der Waals surface area contributed by atoms with Crippen LogP contribution in [0.2, 0.25) is 0 Å². The van der Waals surface area contributed by atoms with Crippen molar-refractivity contribution >= 4 is 22.7 Å². The van der Waals surface area contributed by atoms with Crippen LogP contribution in [0.1, 0.15) is 18.4 Å². The van der Waals surface area contributed by atoms with E-state index in [1.807, 2.05) is 31.5 Å². The number of piperidine rings is 1. The van der Waals surface area contributed by atoms with Crippen molar-refractivity contribution < 1.29 is 4.52 Å². The van der Waals surface area contributed by atoms with Crippen molar-refractivity contribution in [2.75, 3.05) is 42.9 Å². The molecule has 2 aliphatic rings. The van der Waals surface area contributed by atoms with Gasteiger partial charge in [-0.15, -0.1) is 0 Å². The summed E-state index contributed by atoms with van der Waals surface area (Å²) >= 11 is 0. The van der Waals surface area contributed by atoms with Gasteiger partial charge in [0, 0.05) is 51.2 Å². The minimum absolute atomic E-state index is 0.594. The Balaban J connectivity index is 1.19. The summed E-state index contributed by atoms with van der Waals surface area (Å²) < 4.78 is 5.51. The number of piperazine rings is 1. The summed E-state index contributed by atoms with van der Waals surface area (Å²) in [5.74, 6) is 2.37. The summed E-state index contributed by atoms with van der Waals surface area (Å²) in [7, 11) is 0. The number of aromatic nitrogens is 3. The molecule has 0 amide bonds. The van der Waals surface area contributed by atoms with Gasteiger partial charge in [0.25, 0.3) is 0 Å². The molecule has 0 saturated carbocycles. The van der Waals surface area contributed by atoms with Crippen LogP contribution in [0.25, 0.3) is 11.0 Å². The maximum Gasteiger partial charge on any atom is 0.222 e. The van der Waals surface area contributed by atoms with E-state index < -0.39 is 0 Å². The highest BCUT2D eigenvalue weighted by atomic mass is 16.5. The first kappa shape index (κ1) is 17.4. The molecule has 2 aliphatic heterocycles. The zero-order valence-electron chi connectivity index (χ0n) is 16.2. The van der Waals surface area contributed by atoms with E-state index in [9.17, 15) is 0 Å². The van der Waals surface area contributed by atoms with Gasteiger partial charge in [0.15, 0.2) is 11.4 Å². The molecule has 1 N–H and O–H groups in total. The zero-order chi connectivity index (χ0) is 18.9. The Labute approximate surface area is 164 Å². The van der Waals surface area contributed by atoms with E-state index in [1.165, 1.54) is 12.8 Å². The van der Waals surface area contributed by atoms with E-state index in [0.717, 1.165) is 61.0 Å². The Morgan fingerprint density at radius 1 is 1.11 bits per heavy atom. The Hall–Kier alpha value is -2.67. The van der Waals surface area contributed by atoms with Gasteiger partial charge in [0.1, 0.15) is 0 Å². The SMILES string of the molecule is Cc1cnc(NC[C@@H]2CC[C@@H]3CN(c4noc5ccccc45)CCN3C2)nc1. The highest BCUT2D eigenvalue weighted by Crippen LogP contribution is 2.31. The Morgan fingerprint density at radius 2 is 1.96 bits per heavy atom. The molecule has 1 aromatic carbocycles. The van der Waals surface area contributed by atoms with Gasteiger partial charge < -0.3 is 14.7 Å². The van der Waals surface area contributed by atoms with Gasteiger partial charge in [-0.1, -0.05) is 17.3 Å². The highest BCUT2D eigenvalue weighted by molar-refractivity contribution is 5.88. The topological polar surface area (TPSA) is 70.3 Å². The van der Waals surface area contributed by atoms with Crippen molar-refractivity contribution in [1.82, 2.24) is 20.0 Å². The van der Waals surface area contributed by atoms with Gasteiger partial charge in [0.05, 0.1) is 5.39 Å². The molecule has 7 nitrogen and oxygen atoms in total. The zero-order valence-corrected chi connectivity index (χ0v) is 16.2. The molecule has 7 heteroatoms. The van der Waals surface area contributed by atoms with Gasteiger partial charge in [-0.05, 0) is 43.4 Å². The number of para-hydroxylation sites is 1. The molecule has 2 fully saturated rings. The van der Waals surface area contributed by atoms with Crippen LogP contribution in [0.15, 0.2) is 41.2 Å². The molecule has 146 valence electrons. The lowest BCUT2D eigenvalue weighted by Crippen LogP contribution is -2.57. The largest absolute Gasteiger partial charge is 0.354 e. The third-order valence-corrected chi connectivity index (χ3v) is 5.99. The van der Waals surface area contributed by atoms with Gasteiger partial charge in [-0.3, -0.25) is 4.90 Å². The van der Waals surface area contributed by atoms with Crippen LogP contribution in [0.5, 0.6) is 0 Å². The summed E-state index contributed by atoms with van der Waals surface area (Å²) in [6.45, 7) is 7.17. The Morgan fingerprint density at radius 3 is 2.86 bits per heavy atom. The Kier molecular flexibility index (Phi) is 4.60. The number of anilines is 2. The molecule has 28 heavy (non-hydrogen) atoms. The van der Waals surface area contributed by atoms with Gasteiger partial charge in [0.2, 0.25) is 5.95 Å². The van der Waals surface area contributed by atoms with Crippen LogP contribution in [0.4, 0.5) is 11.8 Å². The average Bonchev–Trinajstić information content (AvgIpc) is 3.17. The normalized spacial score (nSPS) is 23.0. The molecule has 2 aromatic heterocycles. The van der Waals surface area contributed by atoms with Gasteiger partial charge in [-0.2, -0.15) is 0 Å². The second kappa shape index (κ2) is 7.39. The molecule has 4 heterocycles. The first-order chi connectivity index (χ1) is 13.8. The van der Waals surface area contributed by atoms with E-state index in [4.69, 9.17) is 4.52 Å². The van der Waals surface area contributed by atoms with E-state index >= 15 is 0 Å². The molecular weight excluding hydrogens is 352 g/mol. The fraction of sp³-hybridized carbons (Fsp3) is 0.476. The molecule has 0 aliphatic carbocycles. The van der Waals surface area contributed by atoms with Crippen molar-refractivity contribution in [3.63, 3.8) is 0 Å². The Bertz CT molecular complexity index is 939. The first-order valence-electron chi connectivity index (χ1n) is 10.1.